The molecule has 0 bridgehead atoms. The number of benzene rings is 4. The summed E-state index contributed by atoms with van der Waals surface area (Å²) in [6, 6.07) is 37.9. The van der Waals surface area contributed by atoms with Crippen molar-refractivity contribution in [2.75, 3.05) is 9.80 Å². The van der Waals surface area contributed by atoms with Crippen LogP contribution >= 0.6 is 11.6 Å². The monoisotopic (exact) mass is 556 g/mol. The van der Waals surface area contributed by atoms with Crippen LogP contribution in [0.3, 0.4) is 0 Å². The molecule has 7 heteroatoms. The van der Waals surface area contributed by atoms with E-state index in [1.807, 2.05) is 139 Å². The lowest BCUT2D eigenvalue weighted by Crippen LogP contribution is -2.13. The van der Waals surface area contributed by atoms with E-state index >= 15 is 0 Å². The minimum Gasteiger partial charge on any atom is -0.279 e. The molecule has 0 fully saturated rings. The van der Waals surface area contributed by atoms with E-state index in [4.69, 9.17) is 11.6 Å². The molecule has 6 nitrogen and oxygen atoms in total. The van der Waals surface area contributed by atoms with Gasteiger partial charge in [-0.2, -0.15) is 0 Å². The minimum absolute atomic E-state index is 0.620. The average molecular weight is 557 g/mol. The number of hydrogen-bond donors (Lipinski definition) is 0. The van der Waals surface area contributed by atoms with Gasteiger partial charge in [-0.3, -0.25) is 9.80 Å². The molecule has 202 valence electrons. The molecule has 0 atom stereocenters. The molecule has 2 aromatic heterocycles. The van der Waals surface area contributed by atoms with Crippen LogP contribution in [0.15, 0.2) is 140 Å². The van der Waals surface area contributed by atoms with E-state index in [-0.39, 0.29) is 0 Å². The molecule has 0 unspecified atom stereocenters. The van der Waals surface area contributed by atoms with Gasteiger partial charge in [0.25, 0.3) is 0 Å². The van der Waals surface area contributed by atoms with Gasteiger partial charge in [0.2, 0.25) is 11.9 Å². The highest BCUT2D eigenvalue weighted by atomic mass is 35.5. The number of aromatic nitrogens is 4. The number of para-hydroxylation sites is 3. The Morgan fingerprint density at radius 3 is 1.15 bits per heavy atom. The molecule has 0 amide bonds. The normalized spacial score (nSPS) is 10.3. The molecule has 6 aromatic rings. The predicted octanol–water partition coefficient (Wildman–Crippen LogP) is 9.16. The number of rotatable bonds is 6. The van der Waals surface area contributed by atoms with Crippen molar-refractivity contribution in [3.8, 4) is 0 Å². The summed E-state index contributed by atoms with van der Waals surface area (Å²) in [6.45, 7) is 3.95. The van der Waals surface area contributed by atoms with Crippen molar-refractivity contribution in [1.82, 2.24) is 19.9 Å². The van der Waals surface area contributed by atoms with Gasteiger partial charge in [0.15, 0.2) is 0 Å². The first kappa shape index (κ1) is 27.5. The Hall–Kier alpha value is -5.07. The number of nitrogens with zero attached hydrogens (tertiary/aromatic N) is 6. The first-order valence-electron chi connectivity index (χ1n) is 13.2. The second kappa shape index (κ2) is 13.3. The van der Waals surface area contributed by atoms with Crippen LogP contribution < -0.4 is 9.80 Å². The number of halogens is 1. The summed E-state index contributed by atoms with van der Waals surface area (Å²) in [5.41, 5.74) is 6.08. The molecule has 0 spiro atoms. The summed E-state index contributed by atoms with van der Waals surface area (Å²) in [7, 11) is 0. The Balaban J connectivity index is 0.000000165. The molecule has 0 aliphatic heterocycles. The van der Waals surface area contributed by atoms with Crippen LogP contribution in [-0.2, 0) is 0 Å². The van der Waals surface area contributed by atoms with Crippen molar-refractivity contribution in [1.29, 1.82) is 0 Å². The zero-order valence-corrected chi connectivity index (χ0v) is 23.6. The molecule has 6 rings (SSSR count). The Morgan fingerprint density at radius 2 is 0.780 bits per heavy atom. The zero-order chi connectivity index (χ0) is 28.4. The molecular weight excluding hydrogens is 528 g/mol. The van der Waals surface area contributed by atoms with Gasteiger partial charge < -0.3 is 0 Å². The molecule has 0 aliphatic rings. The van der Waals surface area contributed by atoms with Gasteiger partial charge in [0.05, 0.1) is 5.69 Å². The van der Waals surface area contributed by atoms with Crippen LogP contribution in [-0.4, -0.2) is 19.9 Å². The zero-order valence-electron chi connectivity index (χ0n) is 22.8. The van der Waals surface area contributed by atoms with E-state index in [0.29, 0.717) is 16.9 Å². The third kappa shape index (κ3) is 7.12. The highest BCUT2D eigenvalue weighted by molar-refractivity contribution is 6.30. The maximum absolute atomic E-state index is 6.12. The van der Waals surface area contributed by atoms with Gasteiger partial charge in [-0.15, -0.1) is 0 Å². The molecule has 0 N–H and O–H groups in total. The van der Waals surface area contributed by atoms with E-state index < -0.39 is 0 Å². The molecule has 0 saturated heterocycles. The van der Waals surface area contributed by atoms with E-state index in [1.54, 1.807) is 0 Å². The average Bonchev–Trinajstić information content (AvgIpc) is 3.02. The Morgan fingerprint density at radius 1 is 0.439 bits per heavy atom. The largest absolute Gasteiger partial charge is 0.279 e. The van der Waals surface area contributed by atoms with Crippen LogP contribution in [0.25, 0.3) is 0 Å². The van der Waals surface area contributed by atoms with E-state index in [1.165, 1.54) is 0 Å². The van der Waals surface area contributed by atoms with E-state index in [2.05, 4.69) is 44.2 Å². The maximum Gasteiger partial charge on any atom is 0.234 e. The molecule has 0 radical (unpaired) electrons. The van der Waals surface area contributed by atoms with Crippen molar-refractivity contribution in [3.05, 3.63) is 156 Å². The Kier molecular flexibility index (Phi) is 8.94. The van der Waals surface area contributed by atoms with Gasteiger partial charge in [-0.25, -0.2) is 19.9 Å². The Bertz CT molecular complexity index is 1610. The second-order valence-corrected chi connectivity index (χ2v) is 9.71. The minimum atomic E-state index is 0.620. The summed E-state index contributed by atoms with van der Waals surface area (Å²) in [6.07, 6.45) is 7.29. The molecule has 0 saturated carbocycles. The van der Waals surface area contributed by atoms with Gasteiger partial charge in [-0.05, 0) is 79.6 Å². The fourth-order valence-electron chi connectivity index (χ4n) is 4.11. The third-order valence-electron chi connectivity index (χ3n) is 6.04. The fraction of sp³-hybridized carbons (Fsp3) is 0.0588. The van der Waals surface area contributed by atoms with Crippen molar-refractivity contribution in [3.63, 3.8) is 0 Å². The highest BCUT2D eigenvalue weighted by Gasteiger charge is 2.15. The van der Waals surface area contributed by atoms with Gasteiger partial charge >= 0.3 is 0 Å². The quantitative estimate of drug-likeness (QED) is 0.204. The van der Waals surface area contributed by atoms with Crippen LogP contribution in [0.4, 0.5) is 34.6 Å². The fourth-order valence-corrected chi connectivity index (χ4v) is 4.29. The lowest BCUT2D eigenvalue weighted by molar-refractivity contribution is 1.06. The highest BCUT2D eigenvalue weighted by Crippen LogP contribution is 2.33. The molecule has 0 aliphatic carbocycles. The lowest BCUT2D eigenvalue weighted by atomic mass is 10.2. The molecular formula is C34H29ClN6. The van der Waals surface area contributed by atoms with Crippen LogP contribution in [0.2, 0.25) is 5.02 Å². The molecule has 4 aromatic carbocycles. The molecule has 2 heterocycles. The summed E-state index contributed by atoms with van der Waals surface area (Å²) >= 11 is 6.12. The van der Waals surface area contributed by atoms with Crippen LogP contribution in [0.1, 0.15) is 11.1 Å². The van der Waals surface area contributed by atoms with Gasteiger partial charge in [-0.1, -0.05) is 72.3 Å². The van der Waals surface area contributed by atoms with E-state index in [9.17, 15) is 0 Å². The standard InChI is InChI=1S/C17H14ClN3.C17H15N3/c1-13-11-19-17(20-12-13)21(15-7-3-2-4-8-15)16-9-5-6-14(18)10-16;1-14-12-18-17(19-13-14)20(15-8-4-2-5-9-15)16-10-6-3-7-11-16/h2-12H,1H3;2-13H,1H3. The maximum atomic E-state index is 6.12. The third-order valence-corrected chi connectivity index (χ3v) is 6.28. The summed E-state index contributed by atoms with van der Waals surface area (Å²) in [5, 5.41) is 0.681. The topological polar surface area (TPSA) is 58.0 Å². The van der Waals surface area contributed by atoms with Crippen molar-refractivity contribution in [2.24, 2.45) is 0 Å². The number of aryl methyl sites for hydroxylation is 2. The summed E-state index contributed by atoms with van der Waals surface area (Å²) in [4.78, 5) is 21.8. The predicted molar refractivity (Wildman–Crippen MR) is 168 cm³/mol. The number of hydrogen-bond acceptors (Lipinski definition) is 6. The molecule has 41 heavy (non-hydrogen) atoms. The lowest BCUT2D eigenvalue weighted by Gasteiger charge is -2.23. The van der Waals surface area contributed by atoms with E-state index in [0.717, 1.165) is 33.9 Å². The first-order chi connectivity index (χ1) is 20.1. The van der Waals surface area contributed by atoms with Gasteiger partial charge in [0, 0.05) is 46.9 Å². The van der Waals surface area contributed by atoms with Crippen molar-refractivity contribution < 1.29 is 0 Å². The van der Waals surface area contributed by atoms with Crippen LogP contribution in [0.5, 0.6) is 0 Å². The van der Waals surface area contributed by atoms with Crippen LogP contribution in [0, 0.1) is 13.8 Å². The Labute approximate surface area is 245 Å². The van der Waals surface area contributed by atoms with Crippen molar-refractivity contribution >= 4 is 46.2 Å². The smallest absolute Gasteiger partial charge is 0.234 e. The van der Waals surface area contributed by atoms with Crippen molar-refractivity contribution in [2.45, 2.75) is 13.8 Å². The summed E-state index contributed by atoms with van der Waals surface area (Å²) in [5.74, 6) is 1.29. The van der Waals surface area contributed by atoms with Gasteiger partial charge in [0.1, 0.15) is 0 Å². The number of anilines is 6. The summed E-state index contributed by atoms with van der Waals surface area (Å²) < 4.78 is 0. The second-order valence-electron chi connectivity index (χ2n) is 9.28. The SMILES string of the molecule is Cc1cnc(N(c2ccccc2)c2cccc(Cl)c2)nc1.Cc1cnc(N(c2ccccc2)c2ccccc2)nc1. The first-order valence-corrected chi connectivity index (χ1v) is 13.5.